The van der Waals surface area contributed by atoms with Crippen molar-refractivity contribution in [3.8, 4) is 0 Å². The lowest BCUT2D eigenvalue weighted by molar-refractivity contribution is -0.138. The van der Waals surface area contributed by atoms with Crippen LogP contribution in [0.25, 0.3) is 67.0 Å². The molecule has 12 amide bonds. The molecule has 23 N–H and O–H groups in total. The number of hydrogen-bond acceptors (Lipinski definition) is 37. The van der Waals surface area contributed by atoms with Crippen molar-refractivity contribution in [2.75, 3.05) is 152 Å². The molecule has 57 heteroatoms. The smallest absolute Gasteiger partial charge is 0.280 e. The number of nitrogens with zero attached hydrogens (tertiary/aromatic N) is 28. The quantitative estimate of drug-likeness (QED) is 0.0169. The van der Waals surface area contributed by atoms with Crippen LogP contribution >= 0.6 is 0 Å². The monoisotopic (exact) mass is 1700 g/mol. The van der Waals surface area contributed by atoms with E-state index in [0.717, 1.165) is 54.7 Å². The van der Waals surface area contributed by atoms with Crippen LogP contribution in [-0.2, 0) is 96.8 Å². The van der Waals surface area contributed by atoms with Gasteiger partial charge in [-0.3, -0.25) is 77.1 Å². The van der Waals surface area contributed by atoms with Crippen LogP contribution in [0.4, 0.5) is 35.2 Å². The maximum atomic E-state index is 14.5. The summed E-state index contributed by atoms with van der Waals surface area (Å²) in [5.74, 6) is -9.37. The van der Waals surface area contributed by atoms with Crippen LogP contribution in [-0.4, -0.2) is 335 Å². The lowest BCUT2D eigenvalue weighted by Crippen LogP contribution is -2.50. The fraction of sp³-hybridized carbons (Fsp3) is 0.364. The summed E-state index contributed by atoms with van der Waals surface area (Å²) in [7, 11) is 0. The van der Waals surface area contributed by atoms with Crippen molar-refractivity contribution in [1.82, 2.24) is 173 Å². The number of hydrogen-bond donors (Lipinski definition) is 15. The molecule has 12 rings (SSSR count). The van der Waals surface area contributed by atoms with Crippen molar-refractivity contribution < 1.29 is 57.5 Å². The minimum atomic E-state index is -0.865. The number of fused-ring (bicyclic) bond motifs is 6. The van der Waals surface area contributed by atoms with Gasteiger partial charge in [-0.15, -0.1) is 0 Å². The number of amides is 12. The Bertz CT molecular complexity index is 6160. The first-order valence-corrected chi connectivity index (χ1v) is 37.1. The molecule has 123 heavy (non-hydrogen) atoms. The maximum absolute atomic E-state index is 14.5. The van der Waals surface area contributed by atoms with E-state index in [4.69, 9.17) is 45.9 Å². The fourth-order valence-electron chi connectivity index (χ4n) is 12.6. The summed E-state index contributed by atoms with van der Waals surface area (Å²) < 4.78 is 7.88. The summed E-state index contributed by atoms with van der Waals surface area (Å²) in [6, 6.07) is 0. The third-order valence-electron chi connectivity index (χ3n) is 18.6. The Morgan fingerprint density at radius 2 is 0.520 bits per heavy atom. The molecule has 12 aromatic rings. The molecule has 644 valence electrons. The van der Waals surface area contributed by atoms with Gasteiger partial charge in [-0.05, 0) is 0 Å². The van der Waals surface area contributed by atoms with Gasteiger partial charge in [0.15, 0.2) is 68.2 Å². The van der Waals surface area contributed by atoms with Crippen molar-refractivity contribution in [2.45, 2.75) is 39.3 Å². The second-order valence-corrected chi connectivity index (χ2v) is 27.1. The molecule has 0 saturated heterocycles. The Morgan fingerprint density at radius 3 is 0.756 bits per heavy atom. The normalized spacial score (nSPS) is 11.3. The number of nitrogen functional groups attached to an aromatic ring is 6. The molecule has 0 aliphatic heterocycles. The van der Waals surface area contributed by atoms with Crippen LogP contribution in [0.1, 0.15) is 0 Å². The Morgan fingerprint density at radius 1 is 0.301 bits per heavy atom. The van der Waals surface area contributed by atoms with E-state index in [-0.39, 0.29) is 168 Å². The van der Waals surface area contributed by atoms with Crippen LogP contribution < -0.4 is 83.6 Å². The van der Waals surface area contributed by atoms with Gasteiger partial charge in [0.2, 0.25) is 82.8 Å². The first-order valence-electron chi connectivity index (χ1n) is 37.1. The molecule has 0 aliphatic carbocycles. The summed E-state index contributed by atoms with van der Waals surface area (Å²) in [6.45, 7) is -10.2. The number of nitrogens with one attached hydrogen (secondary N) is 7. The summed E-state index contributed by atoms with van der Waals surface area (Å²) in [5, 5.41) is 13.2. The van der Waals surface area contributed by atoms with Crippen molar-refractivity contribution >= 4 is 173 Å². The van der Waals surface area contributed by atoms with Crippen LogP contribution in [0.3, 0.4) is 0 Å². The number of aromatic nitrogens is 24. The lowest BCUT2D eigenvalue weighted by Gasteiger charge is -2.26. The summed E-state index contributed by atoms with van der Waals surface area (Å²) >= 11 is 0. The molecule has 0 bridgehead atoms. The Kier molecular flexibility index (Phi) is 26.9. The zero-order chi connectivity index (χ0) is 87.7. The predicted octanol–water partition coefficient (Wildman–Crippen LogP) is -11.9. The highest BCUT2D eigenvalue weighted by atomic mass is 16.2. The van der Waals surface area contributed by atoms with E-state index in [2.05, 4.69) is 116 Å². The fourth-order valence-corrected chi connectivity index (χ4v) is 12.6. The zero-order valence-corrected chi connectivity index (χ0v) is 65.1. The number of imidazole rings is 6. The van der Waals surface area contributed by atoms with Gasteiger partial charge in [0.25, 0.3) is 11.1 Å². The first kappa shape index (κ1) is 85.7. The summed E-state index contributed by atoms with van der Waals surface area (Å²) in [5.41, 5.74) is 46.7. The number of aromatic amines is 2. The Hall–Kier alpha value is -16.7. The van der Waals surface area contributed by atoms with Crippen molar-refractivity contribution in [1.29, 1.82) is 0 Å². The molecule has 0 fully saturated rings. The molecular formula is C66H81N43O14. The molecule has 57 nitrogen and oxygen atoms in total. The standard InChI is InChI=1S/C66H81N43O14/c67-1-7-98(41(116)23-108-33-92-51-61(108)94-65(73)96-63(51)122)14-36(111)76-3-9-100(43(118)20-105-30-89-48-54(70)81-26-85-58(48)105)16-39(114)79-6-12-103(46(121)24-109-34-93-52-62(109)95-66(74)97-64(52)123)18-40(115)78-5-11-102(45(120)22-107-32-91-50-56(72)83-28-87-60(50)107)17-38(113)77-4-10-101(44(119)21-106-31-90-49-55(71)82-27-86-59(49)106)15-37(112)75-2-8-99(13-35(68)110)42(117)19-104-29-88-47-53(69)80-25-84-57(47)104/h25-34H,1-24,67H2,(H2,68,110)(H,75,112)(H,76,111)(H,77,113)(H,78,115)(H,79,114)(H2,69,80,84)(H2,70,81,85)(H2,71,82,86)(H2,72,83,87)(H3,73,94,96,122)(H3,74,95,97,123). The number of carbonyl (C=O) groups excluding carboxylic acids is 12. The second-order valence-electron chi connectivity index (χ2n) is 27.1. The van der Waals surface area contributed by atoms with Crippen LogP contribution in [0.2, 0.25) is 0 Å². The molecular weight excluding hydrogens is 1620 g/mol. The maximum Gasteiger partial charge on any atom is 0.280 e. The number of nitrogens with two attached hydrogens (primary N) is 8. The SMILES string of the molecule is NCCN(CC(=O)NCCN(CC(=O)NCCN(CC(=O)NCCN(CC(=O)NCCN(CC(=O)NCCN(CC(N)=O)C(=O)Cn1cnc2c(N)ncnc21)C(=O)Cn1cnc2c(N)ncnc21)C(=O)Cn1cnc2c(N)ncnc21)C(=O)Cn1cnc2c(=O)[nH]c(N)nc21)C(=O)Cn1cnc2c(N)ncnc21)C(=O)Cn1cnc2c(=O)[nH]c(N)nc21. The molecule has 0 radical (unpaired) electrons. The van der Waals surface area contributed by atoms with Crippen LogP contribution in [0, 0.1) is 0 Å². The highest BCUT2D eigenvalue weighted by Gasteiger charge is 2.29. The van der Waals surface area contributed by atoms with Gasteiger partial charge in [-0.25, -0.2) is 69.8 Å². The zero-order valence-electron chi connectivity index (χ0n) is 65.1. The van der Waals surface area contributed by atoms with E-state index < -0.39 is 174 Å². The third kappa shape index (κ3) is 21.2. The molecule has 0 spiro atoms. The van der Waals surface area contributed by atoms with Crippen molar-refractivity contribution in [2.24, 2.45) is 11.5 Å². The van der Waals surface area contributed by atoms with E-state index >= 15 is 0 Å². The molecule has 12 heterocycles. The van der Waals surface area contributed by atoms with Gasteiger partial charge in [-0.2, -0.15) is 9.97 Å². The van der Waals surface area contributed by atoms with E-state index in [9.17, 15) is 67.1 Å². The molecule has 0 atom stereocenters. The van der Waals surface area contributed by atoms with Gasteiger partial charge in [0.1, 0.15) is 86.6 Å². The minimum Gasteiger partial charge on any atom is -0.382 e. The van der Waals surface area contributed by atoms with E-state index in [1.807, 2.05) is 0 Å². The van der Waals surface area contributed by atoms with Crippen molar-refractivity contribution in [3.63, 3.8) is 0 Å². The summed E-state index contributed by atoms with van der Waals surface area (Å²) in [6.07, 6.45) is 12.1. The predicted molar refractivity (Wildman–Crippen MR) is 427 cm³/mol. The number of rotatable bonds is 41. The number of carbonyl (C=O) groups is 12. The summed E-state index contributed by atoms with van der Waals surface area (Å²) in [4.78, 5) is 268. The van der Waals surface area contributed by atoms with E-state index in [1.54, 1.807) is 0 Å². The highest BCUT2D eigenvalue weighted by Crippen LogP contribution is 2.20. The molecule has 0 saturated carbocycles. The average Bonchev–Trinajstić information content (AvgIpc) is 1.59. The largest absolute Gasteiger partial charge is 0.382 e. The van der Waals surface area contributed by atoms with Crippen molar-refractivity contribution in [3.05, 3.63) is 84.0 Å². The van der Waals surface area contributed by atoms with E-state index in [0.29, 0.717) is 0 Å². The van der Waals surface area contributed by atoms with E-state index in [1.165, 1.54) is 65.4 Å². The van der Waals surface area contributed by atoms with Gasteiger partial charge >= 0.3 is 0 Å². The average molecular weight is 1700 g/mol. The molecule has 0 aliphatic rings. The van der Waals surface area contributed by atoms with Gasteiger partial charge in [0.05, 0.1) is 77.2 Å². The van der Waals surface area contributed by atoms with Crippen LogP contribution in [0.5, 0.6) is 0 Å². The Balaban J connectivity index is 0.704. The topological polar surface area (TPSA) is 794 Å². The number of anilines is 6. The first-order chi connectivity index (χ1) is 59.1. The second kappa shape index (κ2) is 38.6. The third-order valence-corrected chi connectivity index (χ3v) is 18.6. The minimum absolute atomic E-state index is 0.00420. The van der Waals surface area contributed by atoms with Crippen LogP contribution in [0.15, 0.2) is 72.9 Å². The number of primary amides is 1. The molecule has 0 unspecified atom stereocenters. The molecule has 0 aromatic carbocycles. The lowest BCUT2D eigenvalue weighted by atomic mass is 10.3. The van der Waals surface area contributed by atoms with Gasteiger partial charge in [0, 0.05) is 78.5 Å². The number of H-pyrrole nitrogens is 2. The van der Waals surface area contributed by atoms with Gasteiger partial charge < -0.3 is 129 Å². The Labute approximate surface area is 688 Å². The highest BCUT2D eigenvalue weighted by molar-refractivity contribution is 5.92. The molecule has 12 aromatic heterocycles. The van der Waals surface area contributed by atoms with Gasteiger partial charge in [-0.1, -0.05) is 0 Å².